The van der Waals surface area contributed by atoms with Gasteiger partial charge in [-0.3, -0.25) is 0 Å². The van der Waals surface area contributed by atoms with Crippen molar-refractivity contribution in [2.24, 2.45) is 17.6 Å². The average molecular weight is 290 g/mol. The van der Waals surface area contributed by atoms with E-state index < -0.39 is 0 Å². The molecule has 0 radical (unpaired) electrons. The fraction of sp³-hybridized carbons (Fsp3) is 0.667. The summed E-state index contributed by atoms with van der Waals surface area (Å²) in [6.45, 7) is 6.52. The molecule has 0 aromatic heterocycles. The van der Waals surface area contributed by atoms with E-state index in [9.17, 15) is 0 Å². The van der Waals surface area contributed by atoms with Gasteiger partial charge in [0.15, 0.2) is 0 Å². The van der Waals surface area contributed by atoms with E-state index in [0.717, 1.165) is 37.1 Å². The molecule has 1 aliphatic carbocycles. The van der Waals surface area contributed by atoms with Crippen LogP contribution in [-0.4, -0.2) is 26.2 Å². The van der Waals surface area contributed by atoms with Crippen LogP contribution in [0.4, 0.5) is 5.69 Å². The smallest absolute Gasteiger partial charge is 0.142 e. The zero-order chi connectivity index (χ0) is 15.2. The molecule has 0 aliphatic heterocycles. The molecule has 1 saturated carbocycles. The van der Waals surface area contributed by atoms with Crippen molar-refractivity contribution in [3.8, 4) is 5.75 Å². The predicted octanol–water partition coefficient (Wildman–Crippen LogP) is 3.68. The van der Waals surface area contributed by atoms with Crippen molar-refractivity contribution in [3.63, 3.8) is 0 Å². The number of nitrogens with two attached hydrogens (primary N) is 1. The highest BCUT2D eigenvalue weighted by atomic mass is 16.5. The van der Waals surface area contributed by atoms with Gasteiger partial charge in [-0.2, -0.15) is 0 Å². The molecule has 0 saturated heterocycles. The van der Waals surface area contributed by atoms with E-state index in [0.29, 0.717) is 6.04 Å². The number of hydrogen-bond donors (Lipinski definition) is 1. The van der Waals surface area contributed by atoms with Crippen molar-refractivity contribution in [3.05, 3.63) is 24.3 Å². The maximum Gasteiger partial charge on any atom is 0.142 e. The lowest BCUT2D eigenvalue weighted by atomic mass is 9.79. The van der Waals surface area contributed by atoms with Gasteiger partial charge in [0.2, 0.25) is 0 Å². The lowest BCUT2D eigenvalue weighted by molar-refractivity contribution is 0.258. The summed E-state index contributed by atoms with van der Waals surface area (Å²) >= 11 is 0. The van der Waals surface area contributed by atoms with Crippen LogP contribution in [0, 0.1) is 11.8 Å². The molecule has 2 atom stereocenters. The Labute approximate surface area is 129 Å². The van der Waals surface area contributed by atoms with E-state index in [1.807, 2.05) is 6.07 Å². The van der Waals surface area contributed by atoms with E-state index in [2.05, 4.69) is 36.9 Å². The first-order valence-corrected chi connectivity index (χ1v) is 8.25. The van der Waals surface area contributed by atoms with Crippen LogP contribution in [-0.2, 0) is 0 Å². The van der Waals surface area contributed by atoms with Crippen LogP contribution in [0.5, 0.6) is 5.75 Å². The molecule has 21 heavy (non-hydrogen) atoms. The lowest BCUT2D eigenvalue weighted by Crippen LogP contribution is -2.42. The monoisotopic (exact) mass is 290 g/mol. The summed E-state index contributed by atoms with van der Waals surface area (Å²) in [4.78, 5) is 2.54. The molecule has 0 bridgehead atoms. The van der Waals surface area contributed by atoms with Crippen LogP contribution in [0.1, 0.15) is 39.5 Å². The van der Waals surface area contributed by atoms with Crippen LogP contribution >= 0.6 is 0 Å². The second-order valence-corrected chi connectivity index (χ2v) is 6.58. The molecule has 3 heteroatoms. The van der Waals surface area contributed by atoms with Gasteiger partial charge in [0, 0.05) is 12.6 Å². The standard InChI is InChI=1S/C18H30N2O/c1-14-11-15(2)13-16(12-14)20(10-6-9-19)17-7-4-5-8-18(17)21-3/h4-5,7-8,14-16H,6,9-13,19H2,1-3H3. The van der Waals surface area contributed by atoms with E-state index in [1.54, 1.807) is 7.11 Å². The van der Waals surface area contributed by atoms with Crippen LogP contribution < -0.4 is 15.4 Å². The Morgan fingerprint density at radius 3 is 2.43 bits per heavy atom. The fourth-order valence-electron chi connectivity index (χ4n) is 3.79. The molecule has 1 aromatic rings. The summed E-state index contributed by atoms with van der Waals surface area (Å²) in [7, 11) is 1.76. The van der Waals surface area contributed by atoms with Crippen LogP contribution in [0.3, 0.4) is 0 Å². The third kappa shape index (κ3) is 4.13. The van der Waals surface area contributed by atoms with E-state index in [4.69, 9.17) is 10.5 Å². The van der Waals surface area contributed by atoms with Gasteiger partial charge in [-0.15, -0.1) is 0 Å². The van der Waals surface area contributed by atoms with Crippen molar-refractivity contribution in [2.45, 2.75) is 45.6 Å². The van der Waals surface area contributed by atoms with Crippen molar-refractivity contribution >= 4 is 5.69 Å². The number of nitrogens with zero attached hydrogens (tertiary/aromatic N) is 1. The first-order valence-electron chi connectivity index (χ1n) is 8.25. The van der Waals surface area contributed by atoms with Gasteiger partial charge in [-0.25, -0.2) is 0 Å². The third-order valence-corrected chi connectivity index (χ3v) is 4.59. The summed E-state index contributed by atoms with van der Waals surface area (Å²) in [5.41, 5.74) is 6.97. The van der Waals surface area contributed by atoms with E-state index in [-0.39, 0.29) is 0 Å². The van der Waals surface area contributed by atoms with E-state index in [1.165, 1.54) is 24.9 Å². The van der Waals surface area contributed by atoms with E-state index >= 15 is 0 Å². The predicted molar refractivity (Wildman–Crippen MR) is 90.0 cm³/mol. The molecule has 2 unspecified atom stereocenters. The summed E-state index contributed by atoms with van der Waals surface area (Å²) in [6, 6.07) is 8.98. The minimum atomic E-state index is 0.603. The Bertz CT molecular complexity index is 425. The number of benzene rings is 1. The Hall–Kier alpha value is -1.22. The Kier molecular flexibility index (Phi) is 5.92. The normalized spacial score (nSPS) is 25.6. The zero-order valence-corrected chi connectivity index (χ0v) is 13.7. The van der Waals surface area contributed by atoms with Crippen LogP contribution in [0.15, 0.2) is 24.3 Å². The maximum absolute atomic E-state index is 5.75. The highest BCUT2D eigenvalue weighted by Gasteiger charge is 2.29. The molecule has 0 heterocycles. The van der Waals surface area contributed by atoms with Gasteiger partial charge in [0.1, 0.15) is 5.75 Å². The Morgan fingerprint density at radius 1 is 1.14 bits per heavy atom. The van der Waals surface area contributed by atoms with Gasteiger partial charge in [0.25, 0.3) is 0 Å². The van der Waals surface area contributed by atoms with Crippen molar-refractivity contribution < 1.29 is 4.74 Å². The molecule has 1 aromatic carbocycles. The Balaban J connectivity index is 2.24. The van der Waals surface area contributed by atoms with Crippen molar-refractivity contribution in [1.82, 2.24) is 0 Å². The molecular weight excluding hydrogens is 260 g/mol. The molecule has 1 aliphatic rings. The SMILES string of the molecule is COc1ccccc1N(CCCN)C1CC(C)CC(C)C1. The second kappa shape index (κ2) is 7.69. The molecule has 0 amide bonds. The number of methoxy groups -OCH3 is 1. The maximum atomic E-state index is 5.75. The summed E-state index contributed by atoms with van der Waals surface area (Å²) in [6.07, 6.45) is 4.92. The largest absolute Gasteiger partial charge is 0.495 e. The Morgan fingerprint density at radius 2 is 1.81 bits per heavy atom. The highest BCUT2D eigenvalue weighted by molar-refractivity contribution is 5.59. The first kappa shape index (κ1) is 16.2. The topological polar surface area (TPSA) is 38.5 Å². The van der Waals surface area contributed by atoms with Crippen molar-refractivity contribution in [1.29, 1.82) is 0 Å². The minimum absolute atomic E-state index is 0.603. The van der Waals surface area contributed by atoms with Gasteiger partial charge >= 0.3 is 0 Å². The highest BCUT2D eigenvalue weighted by Crippen LogP contribution is 2.37. The van der Waals surface area contributed by atoms with Gasteiger partial charge in [-0.05, 0) is 56.2 Å². The average Bonchev–Trinajstić information content (AvgIpc) is 2.47. The van der Waals surface area contributed by atoms with Crippen molar-refractivity contribution in [2.75, 3.05) is 25.1 Å². The lowest BCUT2D eigenvalue weighted by Gasteiger charge is -2.41. The van der Waals surface area contributed by atoms with Crippen LogP contribution in [0.2, 0.25) is 0 Å². The summed E-state index contributed by atoms with van der Waals surface area (Å²) in [5, 5.41) is 0. The molecule has 2 N–H and O–H groups in total. The molecule has 118 valence electrons. The summed E-state index contributed by atoms with van der Waals surface area (Å²) < 4.78 is 5.58. The van der Waals surface area contributed by atoms with Gasteiger partial charge in [-0.1, -0.05) is 26.0 Å². The number of hydrogen-bond acceptors (Lipinski definition) is 3. The molecule has 3 nitrogen and oxygen atoms in total. The summed E-state index contributed by atoms with van der Waals surface area (Å²) in [5.74, 6) is 2.57. The quantitative estimate of drug-likeness (QED) is 0.868. The first-order chi connectivity index (χ1) is 10.2. The molecule has 1 fully saturated rings. The van der Waals surface area contributed by atoms with Crippen LogP contribution in [0.25, 0.3) is 0 Å². The molecule has 0 spiro atoms. The number of ether oxygens (including phenoxy) is 1. The molecular formula is C18H30N2O. The number of anilines is 1. The molecule has 2 rings (SSSR count). The second-order valence-electron chi connectivity index (χ2n) is 6.58. The zero-order valence-electron chi connectivity index (χ0n) is 13.7. The minimum Gasteiger partial charge on any atom is -0.495 e. The number of para-hydroxylation sites is 2. The number of rotatable bonds is 6. The fourth-order valence-corrected chi connectivity index (χ4v) is 3.79. The van der Waals surface area contributed by atoms with Gasteiger partial charge in [0.05, 0.1) is 12.8 Å². The third-order valence-electron chi connectivity index (χ3n) is 4.59. The van der Waals surface area contributed by atoms with Gasteiger partial charge < -0.3 is 15.4 Å².